The summed E-state index contributed by atoms with van der Waals surface area (Å²) in [4.78, 5) is 27.2. The molecule has 0 radical (unpaired) electrons. The minimum atomic E-state index is -4.53. The molecule has 25 heavy (non-hydrogen) atoms. The summed E-state index contributed by atoms with van der Waals surface area (Å²) in [6, 6.07) is 7.28. The maximum atomic E-state index is 12.6. The molecule has 0 atom stereocenters. The van der Waals surface area contributed by atoms with Gasteiger partial charge in [-0.15, -0.1) is 0 Å². The Kier molecular flexibility index (Phi) is 6.07. The number of hydrogen-bond donors (Lipinski definition) is 1. The number of hydrogen-bond acceptors (Lipinski definition) is 4. The molecule has 2 aromatic rings. The molecule has 1 aromatic heterocycles. The number of para-hydroxylation sites is 1. The number of nitrogens with zero attached hydrogens (tertiary/aromatic N) is 1. The lowest BCUT2D eigenvalue weighted by Gasteiger charge is -2.10. The van der Waals surface area contributed by atoms with Gasteiger partial charge >= 0.3 is 6.18 Å². The highest BCUT2D eigenvalue weighted by atomic mass is 35.5. The summed E-state index contributed by atoms with van der Waals surface area (Å²) in [6.07, 6.45) is -3.87. The van der Waals surface area contributed by atoms with E-state index in [-0.39, 0.29) is 21.6 Å². The van der Waals surface area contributed by atoms with Gasteiger partial charge < -0.3 is 5.32 Å². The summed E-state index contributed by atoms with van der Waals surface area (Å²) >= 11 is 6.69. The van der Waals surface area contributed by atoms with Crippen LogP contribution in [0.5, 0.6) is 0 Å². The summed E-state index contributed by atoms with van der Waals surface area (Å²) in [7, 11) is 0. The fourth-order valence-electron chi connectivity index (χ4n) is 1.91. The van der Waals surface area contributed by atoms with Crippen molar-refractivity contribution in [3.05, 3.63) is 52.7 Å². The Morgan fingerprint density at radius 3 is 2.56 bits per heavy atom. The van der Waals surface area contributed by atoms with Crippen LogP contribution in [0, 0.1) is 0 Å². The Balaban J connectivity index is 2.03. The topological polar surface area (TPSA) is 59.1 Å². The van der Waals surface area contributed by atoms with Gasteiger partial charge in [-0.2, -0.15) is 13.2 Å². The molecule has 9 heteroatoms. The molecule has 0 unspecified atom stereocenters. The third-order valence-corrected chi connectivity index (χ3v) is 4.46. The molecule has 1 amide bonds. The molecule has 1 N–H and O–H groups in total. The van der Waals surface area contributed by atoms with Crippen LogP contribution in [0.15, 0.2) is 41.6 Å². The molecule has 0 fully saturated rings. The number of alkyl halides is 3. The highest BCUT2D eigenvalue weighted by Crippen LogP contribution is 2.33. The summed E-state index contributed by atoms with van der Waals surface area (Å²) in [6.45, 7) is 1.38. The van der Waals surface area contributed by atoms with Gasteiger partial charge in [0.25, 0.3) is 0 Å². The lowest BCUT2D eigenvalue weighted by atomic mass is 10.1. The third kappa shape index (κ3) is 5.20. The lowest BCUT2D eigenvalue weighted by Crippen LogP contribution is -2.16. The molecule has 0 aliphatic rings. The fourth-order valence-corrected chi connectivity index (χ4v) is 2.90. The van der Waals surface area contributed by atoms with Crippen molar-refractivity contribution in [1.29, 1.82) is 0 Å². The van der Waals surface area contributed by atoms with E-state index < -0.39 is 17.6 Å². The van der Waals surface area contributed by atoms with E-state index in [0.717, 1.165) is 17.8 Å². The zero-order valence-electron chi connectivity index (χ0n) is 12.9. The minimum absolute atomic E-state index is 0.115. The number of carbonyl (C=O) groups is 2. The average molecular weight is 389 g/mol. The monoisotopic (exact) mass is 388 g/mol. The maximum absolute atomic E-state index is 12.6. The highest BCUT2D eigenvalue weighted by Gasteiger charge is 2.31. The molecule has 2 rings (SSSR count). The largest absolute Gasteiger partial charge is 0.417 e. The van der Waals surface area contributed by atoms with Gasteiger partial charge in [-0.3, -0.25) is 9.59 Å². The third-order valence-electron chi connectivity index (χ3n) is 3.06. The van der Waals surface area contributed by atoms with E-state index in [2.05, 4.69) is 10.3 Å². The number of thioether (sulfide) groups is 1. The average Bonchev–Trinajstić information content (AvgIpc) is 2.53. The second-order valence-electron chi connectivity index (χ2n) is 4.95. The van der Waals surface area contributed by atoms with Crippen molar-refractivity contribution in [2.45, 2.75) is 18.1 Å². The van der Waals surface area contributed by atoms with Crippen LogP contribution in [0.25, 0.3) is 0 Å². The van der Waals surface area contributed by atoms with Gasteiger partial charge in [-0.05, 0) is 25.1 Å². The first-order valence-corrected chi connectivity index (χ1v) is 8.30. The smallest absolute Gasteiger partial charge is 0.325 e. The molecule has 4 nitrogen and oxygen atoms in total. The van der Waals surface area contributed by atoms with Crippen molar-refractivity contribution in [3.63, 3.8) is 0 Å². The zero-order chi connectivity index (χ0) is 18.6. The van der Waals surface area contributed by atoms with Gasteiger partial charge in [0.1, 0.15) is 5.03 Å². The Morgan fingerprint density at radius 1 is 1.28 bits per heavy atom. The summed E-state index contributed by atoms with van der Waals surface area (Å²) in [5.41, 5.74) is -0.222. The van der Waals surface area contributed by atoms with Gasteiger partial charge in [-0.25, -0.2) is 4.98 Å². The molecule has 1 aromatic carbocycles. The predicted octanol–water partition coefficient (Wildman–Crippen LogP) is 4.69. The predicted molar refractivity (Wildman–Crippen MR) is 90.0 cm³/mol. The number of benzene rings is 1. The standard InChI is InChI=1S/C16H12ClF3N2O2S/c1-9(23)11-4-2-3-5-13(11)22-14(24)8-25-15-12(17)6-10(7-21-15)16(18,19)20/h2-7H,8H2,1H3,(H,22,24). The van der Waals surface area contributed by atoms with Crippen molar-refractivity contribution < 1.29 is 22.8 Å². The SMILES string of the molecule is CC(=O)c1ccccc1NC(=O)CSc1ncc(C(F)(F)F)cc1Cl. The first-order chi connectivity index (χ1) is 11.7. The van der Waals surface area contributed by atoms with E-state index in [1.807, 2.05) is 0 Å². The van der Waals surface area contributed by atoms with Crippen LogP contribution in [0.4, 0.5) is 18.9 Å². The molecule has 0 bridgehead atoms. The fraction of sp³-hybridized carbons (Fsp3) is 0.188. The number of pyridine rings is 1. The second kappa shape index (κ2) is 7.88. The van der Waals surface area contributed by atoms with Gasteiger partial charge in [0.2, 0.25) is 5.91 Å². The zero-order valence-corrected chi connectivity index (χ0v) is 14.4. The molecule has 132 valence electrons. The summed E-state index contributed by atoms with van der Waals surface area (Å²) in [5.74, 6) is -0.753. The number of aromatic nitrogens is 1. The van der Waals surface area contributed by atoms with Crippen molar-refractivity contribution >= 4 is 40.7 Å². The van der Waals surface area contributed by atoms with Gasteiger partial charge in [0.05, 0.1) is 22.0 Å². The van der Waals surface area contributed by atoms with E-state index in [0.29, 0.717) is 17.4 Å². The molecule has 0 saturated carbocycles. The van der Waals surface area contributed by atoms with Crippen LogP contribution < -0.4 is 5.32 Å². The summed E-state index contributed by atoms with van der Waals surface area (Å²) < 4.78 is 37.7. The Morgan fingerprint density at radius 2 is 1.96 bits per heavy atom. The van der Waals surface area contributed by atoms with Crippen molar-refractivity contribution in [2.24, 2.45) is 0 Å². The van der Waals surface area contributed by atoms with Gasteiger partial charge in [0, 0.05) is 11.8 Å². The minimum Gasteiger partial charge on any atom is -0.325 e. The van der Waals surface area contributed by atoms with Crippen molar-refractivity contribution in [2.75, 3.05) is 11.1 Å². The first kappa shape index (κ1) is 19.3. The van der Waals surface area contributed by atoms with E-state index in [1.165, 1.54) is 6.92 Å². The number of anilines is 1. The van der Waals surface area contributed by atoms with Crippen LogP contribution in [-0.2, 0) is 11.0 Å². The molecule has 0 saturated heterocycles. The Labute approximate surface area is 150 Å². The summed E-state index contributed by atoms with van der Waals surface area (Å²) in [5, 5.41) is 2.52. The number of ketones is 1. The number of rotatable bonds is 5. The van der Waals surface area contributed by atoms with Crippen molar-refractivity contribution in [1.82, 2.24) is 4.98 Å². The number of halogens is 4. The molecule has 1 heterocycles. The second-order valence-corrected chi connectivity index (χ2v) is 6.32. The van der Waals surface area contributed by atoms with E-state index in [4.69, 9.17) is 11.6 Å². The van der Waals surface area contributed by atoms with E-state index in [1.54, 1.807) is 24.3 Å². The van der Waals surface area contributed by atoms with Crippen LogP contribution in [0.2, 0.25) is 5.02 Å². The van der Waals surface area contributed by atoms with Crippen LogP contribution >= 0.6 is 23.4 Å². The molecular weight excluding hydrogens is 377 g/mol. The van der Waals surface area contributed by atoms with Gasteiger partial charge in [0.15, 0.2) is 5.78 Å². The molecule has 0 spiro atoms. The number of carbonyl (C=O) groups excluding carboxylic acids is 2. The maximum Gasteiger partial charge on any atom is 0.417 e. The van der Waals surface area contributed by atoms with Crippen molar-refractivity contribution in [3.8, 4) is 0 Å². The quantitative estimate of drug-likeness (QED) is 0.596. The van der Waals surface area contributed by atoms with Crippen LogP contribution in [0.1, 0.15) is 22.8 Å². The Bertz CT molecular complexity index is 812. The molecule has 0 aliphatic carbocycles. The highest BCUT2D eigenvalue weighted by molar-refractivity contribution is 8.00. The number of Topliss-reactive ketones (excluding diaryl/α,β-unsaturated/α-hetero) is 1. The normalized spacial score (nSPS) is 11.2. The van der Waals surface area contributed by atoms with Gasteiger partial charge in [-0.1, -0.05) is 35.5 Å². The number of amides is 1. The van der Waals surface area contributed by atoms with E-state index >= 15 is 0 Å². The molecular formula is C16H12ClF3N2O2S. The lowest BCUT2D eigenvalue weighted by molar-refractivity contribution is -0.137. The van der Waals surface area contributed by atoms with E-state index in [9.17, 15) is 22.8 Å². The first-order valence-electron chi connectivity index (χ1n) is 6.94. The van der Waals surface area contributed by atoms with Crippen LogP contribution in [-0.4, -0.2) is 22.4 Å². The Hall–Kier alpha value is -2.06. The number of nitrogens with one attached hydrogen (secondary N) is 1. The van der Waals surface area contributed by atoms with Crippen LogP contribution in [0.3, 0.4) is 0 Å². The molecule has 0 aliphatic heterocycles.